The molecule has 0 saturated carbocycles. The molecule has 1 aliphatic rings. The minimum absolute atomic E-state index is 0.0193. The summed E-state index contributed by atoms with van der Waals surface area (Å²) in [5.74, 6) is -0.151. The average Bonchev–Trinajstić information content (AvgIpc) is 2.27. The molecule has 110 valence electrons. The third kappa shape index (κ3) is 6.42. The Morgan fingerprint density at radius 3 is 2.63 bits per heavy atom. The van der Waals surface area contributed by atoms with Gasteiger partial charge in [-0.3, -0.25) is 4.79 Å². The molecule has 0 aromatic carbocycles. The molecule has 1 aliphatic heterocycles. The van der Waals surface area contributed by atoms with Crippen LogP contribution in [-0.4, -0.2) is 55.2 Å². The van der Waals surface area contributed by atoms with Gasteiger partial charge in [-0.25, -0.2) is 4.79 Å². The van der Waals surface area contributed by atoms with E-state index in [9.17, 15) is 9.59 Å². The van der Waals surface area contributed by atoms with Crippen LogP contribution in [-0.2, 0) is 9.53 Å². The molecular weight excluding hydrogens is 246 g/mol. The smallest absolute Gasteiger partial charge is 0.410 e. The number of hydrogen-bond donors (Lipinski definition) is 2. The summed E-state index contributed by atoms with van der Waals surface area (Å²) in [6.45, 7) is 7.21. The Kier molecular flexibility index (Phi) is 5.60. The Balaban J connectivity index is 2.32. The molecule has 1 rings (SSSR count). The first-order valence-corrected chi connectivity index (χ1v) is 6.72. The van der Waals surface area contributed by atoms with Crippen LogP contribution in [0.3, 0.4) is 0 Å². The highest BCUT2D eigenvalue weighted by Gasteiger charge is 2.22. The van der Waals surface area contributed by atoms with Crippen molar-refractivity contribution in [3.63, 3.8) is 0 Å². The summed E-state index contributed by atoms with van der Waals surface area (Å²) in [6, 6.07) is 0.160. The molecule has 0 aliphatic carbocycles. The van der Waals surface area contributed by atoms with Crippen molar-refractivity contribution in [1.29, 1.82) is 0 Å². The zero-order chi connectivity index (χ0) is 14.5. The maximum atomic E-state index is 11.8. The summed E-state index contributed by atoms with van der Waals surface area (Å²) in [6.07, 6.45) is 1.56. The molecule has 0 aromatic rings. The van der Waals surface area contributed by atoms with Gasteiger partial charge in [-0.15, -0.1) is 0 Å². The highest BCUT2D eigenvalue weighted by molar-refractivity contribution is 5.82. The van der Waals surface area contributed by atoms with Gasteiger partial charge in [0.25, 0.3) is 0 Å². The van der Waals surface area contributed by atoms with Crippen molar-refractivity contribution in [1.82, 2.24) is 15.5 Å². The number of rotatable bonds is 3. The third-order valence-corrected chi connectivity index (χ3v) is 2.75. The molecule has 0 aromatic heterocycles. The zero-order valence-electron chi connectivity index (χ0n) is 12.3. The van der Waals surface area contributed by atoms with Gasteiger partial charge < -0.3 is 20.3 Å². The van der Waals surface area contributed by atoms with E-state index in [4.69, 9.17) is 4.74 Å². The fourth-order valence-electron chi connectivity index (χ4n) is 1.87. The predicted molar refractivity (Wildman–Crippen MR) is 72.9 cm³/mol. The van der Waals surface area contributed by atoms with Crippen molar-refractivity contribution in [2.75, 3.05) is 26.7 Å². The number of carbonyl (C=O) groups is 2. The van der Waals surface area contributed by atoms with Crippen LogP contribution in [0.25, 0.3) is 0 Å². The van der Waals surface area contributed by atoms with E-state index in [-0.39, 0.29) is 18.5 Å². The van der Waals surface area contributed by atoms with Gasteiger partial charge in [-0.05, 0) is 40.2 Å². The van der Waals surface area contributed by atoms with Crippen molar-refractivity contribution in [2.24, 2.45) is 0 Å². The number of piperidine rings is 1. The Labute approximate surface area is 114 Å². The summed E-state index contributed by atoms with van der Waals surface area (Å²) >= 11 is 0. The second-order valence-electron chi connectivity index (χ2n) is 5.95. The Morgan fingerprint density at radius 1 is 1.42 bits per heavy atom. The summed E-state index contributed by atoms with van der Waals surface area (Å²) in [5, 5.41) is 6.14. The van der Waals surface area contributed by atoms with Crippen molar-refractivity contribution in [3.05, 3.63) is 0 Å². The maximum absolute atomic E-state index is 11.8. The summed E-state index contributed by atoms with van der Waals surface area (Å²) < 4.78 is 5.19. The average molecular weight is 271 g/mol. The zero-order valence-corrected chi connectivity index (χ0v) is 12.3. The van der Waals surface area contributed by atoms with Crippen molar-refractivity contribution < 1.29 is 14.3 Å². The van der Waals surface area contributed by atoms with Gasteiger partial charge in [0, 0.05) is 19.6 Å². The summed E-state index contributed by atoms with van der Waals surface area (Å²) in [5.41, 5.74) is -0.547. The lowest BCUT2D eigenvalue weighted by Gasteiger charge is -2.26. The van der Waals surface area contributed by atoms with E-state index in [0.717, 1.165) is 25.9 Å². The van der Waals surface area contributed by atoms with Gasteiger partial charge >= 0.3 is 6.09 Å². The highest BCUT2D eigenvalue weighted by atomic mass is 16.6. The van der Waals surface area contributed by atoms with E-state index < -0.39 is 11.7 Å². The highest BCUT2D eigenvalue weighted by Crippen LogP contribution is 2.09. The molecule has 0 unspecified atom stereocenters. The lowest BCUT2D eigenvalue weighted by Crippen LogP contribution is -2.49. The van der Waals surface area contributed by atoms with Gasteiger partial charge in [-0.2, -0.15) is 0 Å². The van der Waals surface area contributed by atoms with Gasteiger partial charge in [0.2, 0.25) is 5.91 Å². The summed E-state index contributed by atoms with van der Waals surface area (Å²) in [4.78, 5) is 24.8. The minimum Gasteiger partial charge on any atom is -0.444 e. The predicted octanol–water partition coefficient (Wildman–Crippen LogP) is 0.722. The number of ether oxygens (including phenoxy) is 1. The molecule has 2 N–H and O–H groups in total. The van der Waals surface area contributed by atoms with Crippen LogP contribution in [0.15, 0.2) is 0 Å². The minimum atomic E-state index is -0.547. The Morgan fingerprint density at radius 2 is 2.11 bits per heavy atom. The van der Waals surface area contributed by atoms with Crippen molar-refractivity contribution in [3.8, 4) is 0 Å². The van der Waals surface area contributed by atoms with E-state index in [0.29, 0.717) is 0 Å². The standard InChI is InChI=1S/C13H25N3O3/c1-13(2,3)19-12(18)16(4)9-11(17)15-10-6-5-7-14-8-10/h10,14H,5-9H2,1-4H3,(H,15,17)/t10-/m1/s1. The number of amides is 2. The molecule has 19 heavy (non-hydrogen) atoms. The number of hydrogen-bond acceptors (Lipinski definition) is 4. The van der Waals surface area contributed by atoms with Gasteiger partial charge in [-0.1, -0.05) is 0 Å². The lowest BCUT2D eigenvalue weighted by molar-refractivity contribution is -0.122. The largest absolute Gasteiger partial charge is 0.444 e. The number of likely N-dealkylation sites (N-methyl/N-ethyl adjacent to an activating group) is 1. The van der Waals surface area contributed by atoms with Crippen LogP contribution in [0.2, 0.25) is 0 Å². The fourth-order valence-corrected chi connectivity index (χ4v) is 1.87. The Hall–Kier alpha value is -1.30. The molecule has 0 spiro atoms. The van der Waals surface area contributed by atoms with Crippen LogP contribution in [0.5, 0.6) is 0 Å². The van der Waals surface area contributed by atoms with Crippen LogP contribution in [0, 0.1) is 0 Å². The number of carbonyl (C=O) groups excluding carboxylic acids is 2. The molecule has 2 amide bonds. The molecule has 1 heterocycles. The van der Waals surface area contributed by atoms with Crippen LogP contribution < -0.4 is 10.6 Å². The first kappa shape index (κ1) is 15.8. The quantitative estimate of drug-likeness (QED) is 0.793. The van der Waals surface area contributed by atoms with Gasteiger partial charge in [0.1, 0.15) is 12.1 Å². The van der Waals surface area contributed by atoms with E-state index in [2.05, 4.69) is 10.6 Å². The number of nitrogens with zero attached hydrogens (tertiary/aromatic N) is 1. The van der Waals surface area contributed by atoms with Crippen LogP contribution in [0.4, 0.5) is 4.79 Å². The SMILES string of the molecule is CN(CC(=O)N[C@@H]1CCCNC1)C(=O)OC(C)(C)C. The molecule has 1 saturated heterocycles. The fraction of sp³-hybridized carbons (Fsp3) is 0.846. The molecule has 6 nitrogen and oxygen atoms in total. The van der Waals surface area contributed by atoms with E-state index in [1.54, 1.807) is 27.8 Å². The van der Waals surface area contributed by atoms with Crippen molar-refractivity contribution >= 4 is 12.0 Å². The maximum Gasteiger partial charge on any atom is 0.410 e. The molecule has 6 heteroatoms. The van der Waals surface area contributed by atoms with Crippen LogP contribution >= 0.6 is 0 Å². The van der Waals surface area contributed by atoms with Crippen molar-refractivity contribution in [2.45, 2.75) is 45.3 Å². The number of nitrogens with one attached hydrogen (secondary N) is 2. The van der Waals surface area contributed by atoms with Crippen LogP contribution in [0.1, 0.15) is 33.6 Å². The third-order valence-electron chi connectivity index (χ3n) is 2.75. The normalized spacial score (nSPS) is 19.7. The molecule has 0 radical (unpaired) electrons. The first-order chi connectivity index (χ1) is 8.78. The van der Waals surface area contributed by atoms with E-state index in [1.807, 2.05) is 0 Å². The monoisotopic (exact) mass is 271 g/mol. The van der Waals surface area contributed by atoms with E-state index >= 15 is 0 Å². The second kappa shape index (κ2) is 6.75. The second-order valence-corrected chi connectivity index (χ2v) is 5.95. The van der Waals surface area contributed by atoms with Gasteiger partial charge in [0.15, 0.2) is 0 Å². The topological polar surface area (TPSA) is 70.7 Å². The lowest BCUT2D eigenvalue weighted by atomic mass is 10.1. The molecular formula is C13H25N3O3. The molecule has 1 atom stereocenters. The van der Waals surface area contributed by atoms with Gasteiger partial charge in [0.05, 0.1) is 0 Å². The molecule has 0 bridgehead atoms. The summed E-state index contributed by atoms with van der Waals surface area (Å²) in [7, 11) is 1.56. The molecule has 1 fully saturated rings. The van der Waals surface area contributed by atoms with E-state index in [1.165, 1.54) is 4.90 Å². The first-order valence-electron chi connectivity index (χ1n) is 6.72. The Bertz CT molecular complexity index is 320.